The molecule has 2 aromatic rings. The Balaban J connectivity index is 2.04. The van der Waals surface area contributed by atoms with Crippen LogP contribution in [0.25, 0.3) is 11.3 Å². The van der Waals surface area contributed by atoms with Crippen molar-refractivity contribution in [1.82, 2.24) is 4.98 Å². The van der Waals surface area contributed by atoms with Gasteiger partial charge in [-0.2, -0.15) is 0 Å². The highest BCUT2D eigenvalue weighted by atomic mass is 32.2. The van der Waals surface area contributed by atoms with Crippen LogP contribution in [-0.2, 0) is 10.2 Å². The Bertz CT molecular complexity index is 938. The Morgan fingerprint density at radius 3 is 2.67 bits per heavy atom. The van der Waals surface area contributed by atoms with Gasteiger partial charge in [0.1, 0.15) is 5.69 Å². The monoisotopic (exact) mass is 379 g/mol. The molecule has 0 saturated heterocycles. The van der Waals surface area contributed by atoms with Crippen molar-refractivity contribution in [1.29, 1.82) is 0 Å². The van der Waals surface area contributed by atoms with Gasteiger partial charge in [-0.3, -0.25) is 0 Å². The predicted molar refractivity (Wildman–Crippen MR) is 111 cm³/mol. The van der Waals surface area contributed by atoms with E-state index in [1.54, 1.807) is 13.0 Å². The van der Waals surface area contributed by atoms with Gasteiger partial charge in [-0.05, 0) is 48.4 Å². The highest BCUT2D eigenvalue weighted by Gasteiger charge is 2.38. The number of hydrogen-bond acceptors (Lipinski definition) is 4. The molecule has 0 fully saturated rings. The number of carbonyl (C=O) groups excluding carboxylic acids is 1. The molecule has 1 aliphatic heterocycles. The molecule has 140 valence electrons. The van der Waals surface area contributed by atoms with Gasteiger partial charge in [0.25, 0.3) is 0 Å². The summed E-state index contributed by atoms with van der Waals surface area (Å²) in [5.41, 5.74) is 3.92. The Labute approximate surface area is 165 Å². The van der Waals surface area contributed by atoms with Crippen molar-refractivity contribution in [2.24, 2.45) is 0 Å². The predicted octanol–water partition coefficient (Wildman–Crippen LogP) is 5.46. The normalized spacial score (nSPS) is 16.9. The van der Waals surface area contributed by atoms with Gasteiger partial charge in [0.15, 0.2) is 0 Å². The van der Waals surface area contributed by atoms with Crippen molar-refractivity contribution in [3.05, 3.63) is 47.2 Å². The third-order valence-electron chi connectivity index (χ3n) is 4.79. The van der Waals surface area contributed by atoms with E-state index in [-0.39, 0.29) is 10.2 Å². The molecule has 0 aliphatic carbocycles. The third kappa shape index (κ3) is 3.89. The lowest BCUT2D eigenvalue weighted by atomic mass is 9.76. The number of terminal acetylenes is 1. The summed E-state index contributed by atoms with van der Waals surface area (Å²) in [6.07, 6.45) is 6.72. The van der Waals surface area contributed by atoms with Gasteiger partial charge in [0.05, 0.1) is 17.9 Å². The first-order valence-electron chi connectivity index (χ1n) is 9.15. The minimum atomic E-state index is -0.436. The van der Waals surface area contributed by atoms with Gasteiger partial charge in [0, 0.05) is 15.2 Å². The molecular weight excluding hydrogens is 354 g/mol. The number of hydrogen-bond donors (Lipinski definition) is 0. The first-order valence-corrected chi connectivity index (χ1v) is 9.97. The molecule has 0 amide bonds. The van der Waals surface area contributed by atoms with Gasteiger partial charge >= 0.3 is 5.97 Å². The van der Waals surface area contributed by atoms with Crippen LogP contribution in [0.1, 0.15) is 62.7 Å². The fourth-order valence-corrected chi connectivity index (χ4v) is 5.59. The first-order chi connectivity index (χ1) is 12.7. The Hall–Kier alpha value is -2.25. The zero-order valence-electron chi connectivity index (χ0n) is 16.6. The minimum absolute atomic E-state index is 0.133. The Morgan fingerprint density at radius 2 is 2.00 bits per heavy atom. The topological polar surface area (TPSA) is 39.2 Å². The molecule has 3 rings (SSSR count). The van der Waals surface area contributed by atoms with Gasteiger partial charge in [-0.25, -0.2) is 9.78 Å². The number of carbonyl (C=O) groups is 1. The van der Waals surface area contributed by atoms with E-state index >= 15 is 0 Å². The lowest BCUT2D eigenvalue weighted by Crippen LogP contribution is -2.33. The second kappa shape index (κ2) is 7.05. The molecule has 27 heavy (non-hydrogen) atoms. The molecular formula is C23H25NO2S. The fourth-order valence-electron chi connectivity index (χ4n) is 3.92. The Kier molecular flexibility index (Phi) is 5.10. The average molecular weight is 380 g/mol. The van der Waals surface area contributed by atoms with Gasteiger partial charge < -0.3 is 4.74 Å². The number of pyridine rings is 1. The quantitative estimate of drug-likeness (QED) is 0.524. The number of esters is 1. The van der Waals surface area contributed by atoms with Crippen LogP contribution < -0.4 is 0 Å². The molecule has 1 aromatic heterocycles. The summed E-state index contributed by atoms with van der Waals surface area (Å²) < 4.78 is 5.24. The highest BCUT2D eigenvalue weighted by Crippen LogP contribution is 2.51. The summed E-state index contributed by atoms with van der Waals surface area (Å²) in [5, 5.41) is 0. The number of aromatic nitrogens is 1. The maximum absolute atomic E-state index is 12.0. The standard InChI is InChI=1S/C23H25NO2S/c1-7-18-16(21(25)26-8-2)10-12-19(24-18)15-9-11-17-20(13-15)27-23(5,6)14-22(17,3)4/h1,9-13H,8,14H2,2-6H3. The van der Waals surface area contributed by atoms with Crippen LogP contribution >= 0.6 is 11.8 Å². The zero-order chi connectivity index (χ0) is 19.8. The molecule has 4 heteroatoms. The fraction of sp³-hybridized carbons (Fsp3) is 0.391. The Morgan fingerprint density at radius 1 is 1.26 bits per heavy atom. The van der Waals surface area contributed by atoms with E-state index in [0.29, 0.717) is 17.9 Å². The van der Waals surface area contributed by atoms with Crippen molar-refractivity contribution >= 4 is 17.7 Å². The van der Waals surface area contributed by atoms with Crippen molar-refractivity contribution in [3.8, 4) is 23.6 Å². The smallest absolute Gasteiger partial charge is 0.341 e. The molecule has 0 N–H and O–H groups in total. The van der Waals surface area contributed by atoms with Gasteiger partial charge in [0.2, 0.25) is 0 Å². The minimum Gasteiger partial charge on any atom is -0.462 e. The average Bonchev–Trinajstić information content (AvgIpc) is 2.59. The lowest BCUT2D eigenvalue weighted by Gasteiger charge is -2.41. The molecule has 0 radical (unpaired) electrons. The highest BCUT2D eigenvalue weighted by molar-refractivity contribution is 8.00. The molecule has 0 saturated carbocycles. The molecule has 1 aromatic carbocycles. The molecule has 0 bridgehead atoms. The summed E-state index contributed by atoms with van der Waals surface area (Å²) in [6.45, 7) is 11.3. The molecule has 2 heterocycles. The number of nitrogens with zero attached hydrogens (tertiary/aromatic N) is 1. The van der Waals surface area contributed by atoms with Gasteiger partial charge in [-0.15, -0.1) is 18.2 Å². The van der Waals surface area contributed by atoms with Crippen molar-refractivity contribution in [2.45, 2.75) is 56.1 Å². The number of benzene rings is 1. The van der Waals surface area contributed by atoms with Crippen molar-refractivity contribution in [3.63, 3.8) is 0 Å². The molecule has 1 aliphatic rings. The largest absolute Gasteiger partial charge is 0.462 e. The van der Waals surface area contributed by atoms with Crippen LogP contribution in [-0.4, -0.2) is 22.3 Å². The summed E-state index contributed by atoms with van der Waals surface area (Å²) in [5.74, 6) is 2.08. The van der Waals surface area contributed by atoms with Crippen LogP contribution in [0.5, 0.6) is 0 Å². The molecule has 3 nitrogen and oxygen atoms in total. The number of fused-ring (bicyclic) bond motifs is 1. The van der Waals surface area contributed by atoms with E-state index in [1.165, 1.54) is 10.5 Å². The lowest BCUT2D eigenvalue weighted by molar-refractivity contribution is 0.0525. The van der Waals surface area contributed by atoms with E-state index in [1.807, 2.05) is 17.8 Å². The number of thioether (sulfide) groups is 1. The van der Waals surface area contributed by atoms with E-state index in [0.717, 1.165) is 17.7 Å². The van der Waals surface area contributed by atoms with Crippen LogP contribution in [0.2, 0.25) is 0 Å². The second-order valence-corrected chi connectivity index (χ2v) is 9.84. The maximum atomic E-state index is 12.0. The third-order valence-corrected chi connectivity index (χ3v) is 6.04. The maximum Gasteiger partial charge on any atom is 0.341 e. The van der Waals surface area contributed by atoms with E-state index in [4.69, 9.17) is 11.2 Å². The molecule has 0 atom stereocenters. The number of ether oxygens (including phenoxy) is 1. The zero-order valence-corrected chi connectivity index (χ0v) is 17.4. The summed E-state index contributed by atoms with van der Waals surface area (Å²) in [4.78, 5) is 17.9. The van der Waals surface area contributed by atoms with Crippen LogP contribution in [0.4, 0.5) is 0 Å². The SMILES string of the molecule is C#Cc1nc(-c2ccc3c(c2)SC(C)(C)CC3(C)C)ccc1C(=O)OCC. The van der Waals surface area contributed by atoms with Crippen LogP contribution in [0.3, 0.4) is 0 Å². The van der Waals surface area contributed by atoms with Crippen LogP contribution in [0.15, 0.2) is 35.2 Å². The summed E-state index contributed by atoms with van der Waals surface area (Å²) in [6, 6.07) is 10.0. The second-order valence-electron chi connectivity index (χ2n) is 8.09. The van der Waals surface area contributed by atoms with E-state index in [2.05, 4.69) is 56.8 Å². The first kappa shape index (κ1) is 19.5. The van der Waals surface area contributed by atoms with E-state index < -0.39 is 5.97 Å². The van der Waals surface area contributed by atoms with Gasteiger partial charge in [-0.1, -0.05) is 39.8 Å². The number of rotatable bonds is 3. The van der Waals surface area contributed by atoms with Crippen molar-refractivity contribution in [2.75, 3.05) is 6.61 Å². The van der Waals surface area contributed by atoms with E-state index in [9.17, 15) is 4.79 Å². The molecule has 0 spiro atoms. The molecule has 0 unspecified atom stereocenters. The summed E-state index contributed by atoms with van der Waals surface area (Å²) >= 11 is 1.91. The summed E-state index contributed by atoms with van der Waals surface area (Å²) in [7, 11) is 0. The van der Waals surface area contributed by atoms with Crippen LogP contribution in [0, 0.1) is 12.3 Å². The van der Waals surface area contributed by atoms with Crippen molar-refractivity contribution < 1.29 is 9.53 Å².